The molecular formula is C24H29IN6O. The number of nitrogens with zero attached hydrogens (tertiary/aromatic N) is 3. The Morgan fingerprint density at radius 1 is 1.16 bits per heavy atom. The molecule has 0 saturated carbocycles. The van der Waals surface area contributed by atoms with E-state index in [-0.39, 0.29) is 35.8 Å². The number of aromatic nitrogens is 2. The first-order valence-corrected chi connectivity index (χ1v) is 10.5. The molecule has 3 aromatic rings. The molecule has 4 rings (SSSR count). The summed E-state index contributed by atoms with van der Waals surface area (Å²) < 4.78 is 1.97. The fourth-order valence-corrected chi connectivity index (χ4v) is 4.04. The van der Waals surface area contributed by atoms with Gasteiger partial charge in [-0.05, 0) is 43.2 Å². The number of amides is 1. The Morgan fingerprint density at radius 3 is 2.66 bits per heavy atom. The van der Waals surface area contributed by atoms with E-state index in [0.29, 0.717) is 25.5 Å². The summed E-state index contributed by atoms with van der Waals surface area (Å²) in [6.07, 6.45) is 0.460. The van der Waals surface area contributed by atoms with Crippen LogP contribution in [-0.4, -0.2) is 35.2 Å². The number of aliphatic imine (C=N–C) groups is 1. The maximum atomic E-state index is 12.1. The minimum Gasteiger partial charge on any atom is -0.356 e. The lowest BCUT2D eigenvalue weighted by Crippen LogP contribution is -2.40. The number of hydrogen-bond donors (Lipinski definition) is 3. The number of guanidine groups is 1. The van der Waals surface area contributed by atoms with E-state index in [2.05, 4.69) is 57.2 Å². The van der Waals surface area contributed by atoms with Crippen molar-refractivity contribution in [1.82, 2.24) is 20.4 Å². The maximum absolute atomic E-state index is 12.1. The summed E-state index contributed by atoms with van der Waals surface area (Å²) in [6.45, 7) is 5.29. The zero-order valence-electron chi connectivity index (χ0n) is 18.6. The Hall–Kier alpha value is -2.88. The number of fused-ring (bicyclic) bond motifs is 1. The molecule has 0 bridgehead atoms. The molecule has 1 aliphatic heterocycles. The van der Waals surface area contributed by atoms with Crippen molar-refractivity contribution in [3.05, 3.63) is 77.1 Å². The Morgan fingerprint density at radius 2 is 1.91 bits per heavy atom. The van der Waals surface area contributed by atoms with Crippen LogP contribution in [0.25, 0.3) is 5.69 Å². The molecule has 1 aromatic heterocycles. The number of carbonyl (C=O) groups excluding carboxylic acids is 1. The predicted molar refractivity (Wildman–Crippen MR) is 139 cm³/mol. The lowest BCUT2D eigenvalue weighted by molar-refractivity contribution is -0.116. The number of carbonyl (C=O) groups is 1. The molecule has 1 aliphatic rings. The molecule has 0 fully saturated rings. The Balaban J connectivity index is 0.00000289. The normalized spacial score (nSPS) is 15.4. The Labute approximate surface area is 205 Å². The molecule has 0 spiro atoms. The summed E-state index contributed by atoms with van der Waals surface area (Å²) in [6, 6.07) is 18.3. The third-order valence-corrected chi connectivity index (χ3v) is 5.52. The fraction of sp³-hybridized carbons (Fsp3) is 0.292. The van der Waals surface area contributed by atoms with Crippen molar-refractivity contribution in [3.8, 4) is 5.69 Å². The van der Waals surface area contributed by atoms with Gasteiger partial charge in [0.1, 0.15) is 0 Å². The van der Waals surface area contributed by atoms with Gasteiger partial charge in [-0.3, -0.25) is 9.79 Å². The summed E-state index contributed by atoms with van der Waals surface area (Å²) >= 11 is 0. The van der Waals surface area contributed by atoms with Crippen molar-refractivity contribution in [3.63, 3.8) is 0 Å². The third-order valence-electron chi connectivity index (χ3n) is 5.52. The lowest BCUT2D eigenvalue weighted by atomic mass is 9.90. The van der Waals surface area contributed by atoms with Crippen LogP contribution in [0.4, 0.5) is 5.69 Å². The first-order valence-electron chi connectivity index (χ1n) is 10.5. The highest BCUT2D eigenvalue weighted by molar-refractivity contribution is 14.0. The zero-order chi connectivity index (χ0) is 21.8. The number of benzene rings is 2. The quantitative estimate of drug-likeness (QED) is 0.259. The van der Waals surface area contributed by atoms with Crippen molar-refractivity contribution < 1.29 is 4.79 Å². The van der Waals surface area contributed by atoms with Gasteiger partial charge in [0, 0.05) is 43.9 Å². The van der Waals surface area contributed by atoms with Crippen LogP contribution < -0.4 is 16.0 Å². The van der Waals surface area contributed by atoms with Crippen molar-refractivity contribution in [2.24, 2.45) is 4.99 Å². The topological polar surface area (TPSA) is 83.3 Å². The van der Waals surface area contributed by atoms with Gasteiger partial charge in [0.25, 0.3) is 0 Å². The monoisotopic (exact) mass is 544 g/mol. The molecule has 1 amide bonds. The molecule has 1 atom stereocenters. The lowest BCUT2D eigenvalue weighted by Gasteiger charge is -2.26. The van der Waals surface area contributed by atoms with Gasteiger partial charge >= 0.3 is 0 Å². The van der Waals surface area contributed by atoms with Crippen LogP contribution in [0.1, 0.15) is 34.9 Å². The average Bonchev–Trinajstić information content (AvgIpc) is 3.11. The highest BCUT2D eigenvalue weighted by Gasteiger charge is 2.24. The maximum Gasteiger partial charge on any atom is 0.225 e. The van der Waals surface area contributed by atoms with Crippen LogP contribution in [0.5, 0.6) is 0 Å². The van der Waals surface area contributed by atoms with Gasteiger partial charge in [-0.2, -0.15) is 5.10 Å². The highest BCUT2D eigenvalue weighted by Crippen LogP contribution is 2.31. The second kappa shape index (κ2) is 10.6. The molecule has 1 unspecified atom stereocenters. The standard InChI is InChI=1S/C24H28N6O.HI/c1-16-12-17(2)30(29-16)22-11-7-4-8-18(22)14-26-24(25-3)27-15-19-13-23(31)28-21-10-6-5-9-20(19)21;/h4-12,19H,13-15H2,1-3H3,(H,28,31)(H2,25,26,27);1H. The molecular weight excluding hydrogens is 515 g/mol. The molecule has 3 N–H and O–H groups in total. The number of nitrogens with one attached hydrogen (secondary N) is 3. The molecule has 8 heteroatoms. The number of rotatable bonds is 5. The predicted octanol–water partition coefficient (Wildman–Crippen LogP) is 3.90. The first-order chi connectivity index (χ1) is 15.0. The van der Waals surface area contributed by atoms with E-state index in [0.717, 1.165) is 33.9 Å². The molecule has 32 heavy (non-hydrogen) atoms. The van der Waals surface area contributed by atoms with Crippen molar-refractivity contribution in [2.45, 2.75) is 32.7 Å². The summed E-state index contributed by atoms with van der Waals surface area (Å²) in [4.78, 5) is 16.4. The zero-order valence-corrected chi connectivity index (χ0v) is 20.9. The van der Waals surface area contributed by atoms with E-state index >= 15 is 0 Å². The van der Waals surface area contributed by atoms with E-state index in [1.807, 2.05) is 41.9 Å². The summed E-state index contributed by atoms with van der Waals surface area (Å²) in [7, 11) is 1.75. The molecule has 168 valence electrons. The average molecular weight is 544 g/mol. The molecule has 0 saturated heterocycles. The van der Waals surface area contributed by atoms with E-state index in [9.17, 15) is 4.79 Å². The van der Waals surface area contributed by atoms with Gasteiger partial charge in [0.2, 0.25) is 5.91 Å². The van der Waals surface area contributed by atoms with Gasteiger partial charge in [-0.25, -0.2) is 4.68 Å². The fourth-order valence-electron chi connectivity index (χ4n) is 4.04. The van der Waals surface area contributed by atoms with Crippen molar-refractivity contribution in [2.75, 3.05) is 18.9 Å². The summed E-state index contributed by atoms with van der Waals surface area (Å²) in [5.74, 6) is 0.851. The molecule has 2 heterocycles. The Kier molecular flexibility index (Phi) is 7.89. The highest BCUT2D eigenvalue weighted by atomic mass is 127. The second-order valence-corrected chi connectivity index (χ2v) is 7.81. The smallest absolute Gasteiger partial charge is 0.225 e. The number of para-hydroxylation sites is 2. The van der Waals surface area contributed by atoms with Crippen LogP contribution in [0.2, 0.25) is 0 Å². The van der Waals surface area contributed by atoms with Gasteiger partial charge in [-0.15, -0.1) is 24.0 Å². The summed E-state index contributed by atoms with van der Waals surface area (Å²) in [5.41, 5.74) is 6.32. The van der Waals surface area contributed by atoms with Gasteiger partial charge in [-0.1, -0.05) is 36.4 Å². The third kappa shape index (κ3) is 5.29. The van der Waals surface area contributed by atoms with Crippen LogP contribution >= 0.6 is 24.0 Å². The number of anilines is 1. The number of aryl methyl sites for hydroxylation is 2. The number of hydrogen-bond acceptors (Lipinski definition) is 3. The summed E-state index contributed by atoms with van der Waals surface area (Å²) in [5, 5.41) is 14.3. The molecule has 0 radical (unpaired) electrons. The molecule has 0 aliphatic carbocycles. The van der Waals surface area contributed by atoms with Crippen LogP contribution in [0.15, 0.2) is 59.6 Å². The molecule has 7 nitrogen and oxygen atoms in total. The van der Waals surface area contributed by atoms with Crippen LogP contribution in [0, 0.1) is 13.8 Å². The van der Waals surface area contributed by atoms with Crippen molar-refractivity contribution >= 4 is 41.5 Å². The van der Waals surface area contributed by atoms with E-state index < -0.39 is 0 Å². The van der Waals surface area contributed by atoms with Crippen molar-refractivity contribution in [1.29, 1.82) is 0 Å². The van der Waals surface area contributed by atoms with Gasteiger partial charge < -0.3 is 16.0 Å². The molecule has 2 aromatic carbocycles. The van der Waals surface area contributed by atoms with E-state index in [1.165, 1.54) is 0 Å². The second-order valence-electron chi connectivity index (χ2n) is 7.81. The largest absolute Gasteiger partial charge is 0.356 e. The van der Waals surface area contributed by atoms with E-state index in [1.54, 1.807) is 7.05 Å². The number of halogens is 1. The minimum absolute atomic E-state index is 0. The van der Waals surface area contributed by atoms with Crippen LogP contribution in [-0.2, 0) is 11.3 Å². The SMILES string of the molecule is CN=C(NCc1ccccc1-n1nc(C)cc1C)NCC1CC(=O)Nc2ccccc21.I. The minimum atomic E-state index is 0. The Bertz CT molecular complexity index is 1120. The van der Waals surface area contributed by atoms with E-state index in [4.69, 9.17) is 0 Å². The van der Waals surface area contributed by atoms with Gasteiger partial charge in [0.05, 0.1) is 11.4 Å². The first kappa shape index (κ1) is 23.8. The van der Waals surface area contributed by atoms with Gasteiger partial charge in [0.15, 0.2) is 5.96 Å². The van der Waals surface area contributed by atoms with Crippen LogP contribution in [0.3, 0.4) is 0 Å².